The normalized spacial score (nSPS) is 19.3. The van der Waals surface area contributed by atoms with E-state index in [0.29, 0.717) is 12.2 Å². The summed E-state index contributed by atoms with van der Waals surface area (Å²) in [6.07, 6.45) is 10.3. The lowest BCUT2D eigenvalue weighted by molar-refractivity contribution is 0.0679. The maximum absolute atomic E-state index is 12.9. The van der Waals surface area contributed by atoms with Crippen molar-refractivity contribution in [1.82, 2.24) is 10.2 Å². The van der Waals surface area contributed by atoms with E-state index < -0.39 is 0 Å². The lowest BCUT2D eigenvalue weighted by Gasteiger charge is -2.27. The van der Waals surface area contributed by atoms with Crippen molar-refractivity contribution < 1.29 is 14.3 Å². The first-order chi connectivity index (χ1) is 17.6. The fourth-order valence-corrected chi connectivity index (χ4v) is 5.26. The third-order valence-electron chi connectivity index (χ3n) is 7.47. The van der Waals surface area contributed by atoms with Crippen molar-refractivity contribution in [2.45, 2.75) is 90.3 Å². The first-order valence-corrected chi connectivity index (χ1v) is 14.1. The standard InChI is InChI=1S/C31H44N2O3/c1-3-5-17-33(18-6-4-2)22-24-9-10-27-21-28(14-11-26(27)20-24)32-31(34)25-12-15-29(16-13-25)36-23-30-8-7-19-35-30/h9-10,12-13,15-16,20,28,30H,3-8,11,14,17-19,21-23H2,1-2H3,(H,32,34)/t28-,30-/m0/s1. The highest BCUT2D eigenvalue weighted by molar-refractivity contribution is 5.94. The van der Waals surface area contributed by atoms with Crippen LogP contribution in [0.1, 0.15) is 85.8 Å². The number of rotatable bonds is 13. The average molecular weight is 493 g/mol. The van der Waals surface area contributed by atoms with E-state index in [1.54, 1.807) is 0 Å². The molecule has 0 aromatic heterocycles. The van der Waals surface area contributed by atoms with Crippen LogP contribution in [0.3, 0.4) is 0 Å². The van der Waals surface area contributed by atoms with Crippen LogP contribution in [0.15, 0.2) is 42.5 Å². The molecule has 0 bridgehead atoms. The number of nitrogens with zero attached hydrogens (tertiary/aromatic N) is 1. The molecule has 1 aliphatic heterocycles. The topological polar surface area (TPSA) is 50.8 Å². The van der Waals surface area contributed by atoms with Gasteiger partial charge in [0.25, 0.3) is 5.91 Å². The lowest BCUT2D eigenvalue weighted by Crippen LogP contribution is -2.38. The number of carbonyl (C=O) groups excluding carboxylic acids is 1. The first-order valence-electron chi connectivity index (χ1n) is 14.1. The van der Waals surface area contributed by atoms with Gasteiger partial charge in [0.2, 0.25) is 0 Å². The molecule has 0 unspecified atom stereocenters. The predicted molar refractivity (Wildman–Crippen MR) is 146 cm³/mol. The number of benzene rings is 2. The van der Waals surface area contributed by atoms with Gasteiger partial charge in [-0.25, -0.2) is 0 Å². The minimum absolute atomic E-state index is 0.00626. The largest absolute Gasteiger partial charge is 0.491 e. The summed E-state index contributed by atoms with van der Waals surface area (Å²) in [5.74, 6) is 0.778. The number of hydrogen-bond acceptors (Lipinski definition) is 4. The van der Waals surface area contributed by atoms with Gasteiger partial charge in [-0.1, -0.05) is 44.9 Å². The highest BCUT2D eigenvalue weighted by atomic mass is 16.5. The Morgan fingerprint density at radius 3 is 2.50 bits per heavy atom. The maximum atomic E-state index is 12.9. The SMILES string of the molecule is CCCCN(CCCC)Cc1ccc2c(c1)CC[C@H](NC(=O)c1ccc(OC[C@@H]3CCCO3)cc1)C2. The second-order valence-corrected chi connectivity index (χ2v) is 10.5. The van der Waals surface area contributed by atoms with Crippen LogP contribution in [0, 0.1) is 0 Å². The molecule has 1 heterocycles. The number of ether oxygens (including phenoxy) is 2. The zero-order valence-corrected chi connectivity index (χ0v) is 22.3. The lowest BCUT2D eigenvalue weighted by atomic mass is 9.87. The third-order valence-corrected chi connectivity index (χ3v) is 7.47. The van der Waals surface area contributed by atoms with Gasteiger partial charge in [0.05, 0.1) is 6.10 Å². The van der Waals surface area contributed by atoms with E-state index in [1.807, 2.05) is 24.3 Å². The van der Waals surface area contributed by atoms with E-state index in [4.69, 9.17) is 9.47 Å². The van der Waals surface area contributed by atoms with E-state index in [0.717, 1.165) is 51.0 Å². The van der Waals surface area contributed by atoms with E-state index >= 15 is 0 Å². The summed E-state index contributed by atoms with van der Waals surface area (Å²) in [5.41, 5.74) is 4.93. The van der Waals surface area contributed by atoms with Crippen LogP contribution in [0.5, 0.6) is 5.75 Å². The Kier molecular flexibility index (Phi) is 10.2. The van der Waals surface area contributed by atoms with Gasteiger partial charge in [-0.2, -0.15) is 0 Å². The van der Waals surface area contributed by atoms with Gasteiger partial charge in [0.15, 0.2) is 0 Å². The zero-order chi connectivity index (χ0) is 25.2. The van der Waals surface area contributed by atoms with E-state index in [-0.39, 0.29) is 18.1 Å². The molecule has 4 rings (SSSR count). The van der Waals surface area contributed by atoms with Crippen molar-refractivity contribution in [3.63, 3.8) is 0 Å². The van der Waals surface area contributed by atoms with Gasteiger partial charge in [-0.15, -0.1) is 0 Å². The van der Waals surface area contributed by atoms with E-state index in [9.17, 15) is 4.79 Å². The Morgan fingerprint density at radius 1 is 1.03 bits per heavy atom. The molecule has 2 aromatic carbocycles. The molecule has 5 nitrogen and oxygen atoms in total. The molecular weight excluding hydrogens is 448 g/mol. The molecule has 1 saturated heterocycles. The number of carbonyl (C=O) groups is 1. The molecule has 2 atom stereocenters. The number of hydrogen-bond donors (Lipinski definition) is 1. The number of aryl methyl sites for hydroxylation is 1. The molecule has 2 aromatic rings. The van der Waals surface area contributed by atoms with Crippen molar-refractivity contribution in [1.29, 1.82) is 0 Å². The average Bonchev–Trinajstić information content (AvgIpc) is 3.43. The Morgan fingerprint density at radius 2 is 1.81 bits per heavy atom. The molecule has 36 heavy (non-hydrogen) atoms. The first kappa shape index (κ1) is 26.7. The summed E-state index contributed by atoms with van der Waals surface area (Å²) < 4.78 is 11.4. The fraction of sp³-hybridized carbons (Fsp3) is 0.581. The van der Waals surface area contributed by atoms with Crippen LogP contribution < -0.4 is 10.1 Å². The van der Waals surface area contributed by atoms with Crippen LogP contribution >= 0.6 is 0 Å². The monoisotopic (exact) mass is 492 g/mol. The summed E-state index contributed by atoms with van der Waals surface area (Å²) in [7, 11) is 0. The van der Waals surface area contributed by atoms with Gasteiger partial charge in [0.1, 0.15) is 12.4 Å². The van der Waals surface area contributed by atoms with Gasteiger partial charge in [0, 0.05) is 24.8 Å². The van der Waals surface area contributed by atoms with Crippen molar-refractivity contribution in [2.24, 2.45) is 0 Å². The van der Waals surface area contributed by atoms with Gasteiger partial charge in [-0.3, -0.25) is 9.69 Å². The molecule has 1 fully saturated rings. The van der Waals surface area contributed by atoms with Gasteiger partial charge in [-0.05, 0) is 99.0 Å². The van der Waals surface area contributed by atoms with Crippen molar-refractivity contribution in [3.05, 3.63) is 64.7 Å². The Labute approximate surface area is 217 Å². The van der Waals surface area contributed by atoms with Crippen LogP contribution in [0.25, 0.3) is 0 Å². The highest BCUT2D eigenvalue weighted by Crippen LogP contribution is 2.24. The molecule has 1 N–H and O–H groups in total. The van der Waals surface area contributed by atoms with Crippen LogP contribution in [-0.4, -0.2) is 49.3 Å². The smallest absolute Gasteiger partial charge is 0.251 e. The van der Waals surface area contributed by atoms with Crippen molar-refractivity contribution in [3.8, 4) is 5.75 Å². The third kappa shape index (κ3) is 7.81. The van der Waals surface area contributed by atoms with Crippen LogP contribution in [0.2, 0.25) is 0 Å². The number of fused-ring (bicyclic) bond motifs is 1. The molecule has 0 saturated carbocycles. The summed E-state index contributed by atoms with van der Waals surface area (Å²) >= 11 is 0. The van der Waals surface area contributed by atoms with Crippen LogP contribution in [-0.2, 0) is 24.1 Å². The second-order valence-electron chi connectivity index (χ2n) is 10.5. The Hall–Kier alpha value is -2.37. The molecule has 5 heteroatoms. The van der Waals surface area contributed by atoms with E-state index in [2.05, 4.69) is 42.3 Å². The molecule has 2 aliphatic rings. The molecule has 0 radical (unpaired) electrons. The summed E-state index contributed by atoms with van der Waals surface area (Å²) in [6.45, 7) is 9.35. The molecule has 0 spiro atoms. The zero-order valence-electron chi connectivity index (χ0n) is 22.3. The molecular formula is C31H44N2O3. The predicted octanol–water partition coefficient (Wildman–Crippen LogP) is 5.93. The summed E-state index contributed by atoms with van der Waals surface area (Å²) in [5, 5.41) is 3.26. The maximum Gasteiger partial charge on any atom is 0.251 e. The second kappa shape index (κ2) is 13.8. The Balaban J connectivity index is 1.27. The van der Waals surface area contributed by atoms with Crippen molar-refractivity contribution >= 4 is 5.91 Å². The molecule has 196 valence electrons. The fourth-order valence-electron chi connectivity index (χ4n) is 5.26. The molecule has 1 amide bonds. The number of amides is 1. The molecule has 1 aliphatic carbocycles. The van der Waals surface area contributed by atoms with Gasteiger partial charge >= 0.3 is 0 Å². The minimum Gasteiger partial charge on any atom is -0.491 e. The number of unbranched alkanes of at least 4 members (excludes halogenated alkanes) is 2. The summed E-state index contributed by atoms with van der Waals surface area (Å²) in [4.78, 5) is 15.5. The number of nitrogens with one attached hydrogen (secondary N) is 1. The quantitative estimate of drug-likeness (QED) is 0.376. The minimum atomic E-state index is -0.00626. The van der Waals surface area contributed by atoms with E-state index in [1.165, 1.54) is 55.5 Å². The summed E-state index contributed by atoms with van der Waals surface area (Å²) in [6, 6.07) is 14.6. The van der Waals surface area contributed by atoms with Crippen LogP contribution in [0.4, 0.5) is 0 Å². The highest BCUT2D eigenvalue weighted by Gasteiger charge is 2.22. The van der Waals surface area contributed by atoms with Crippen molar-refractivity contribution in [2.75, 3.05) is 26.3 Å². The van der Waals surface area contributed by atoms with Gasteiger partial charge < -0.3 is 14.8 Å². The Bertz CT molecular complexity index is 945.